The van der Waals surface area contributed by atoms with Crippen LogP contribution in [0.3, 0.4) is 0 Å². The van der Waals surface area contributed by atoms with Crippen LogP contribution in [0.2, 0.25) is 0 Å². The minimum atomic E-state index is 0.0775. The van der Waals surface area contributed by atoms with Gasteiger partial charge in [0.15, 0.2) is 0 Å². The Labute approximate surface area is 63.9 Å². The lowest BCUT2D eigenvalue weighted by atomic mass is 10.2. The van der Waals surface area contributed by atoms with Crippen LogP contribution in [0.25, 0.3) is 0 Å². The molecule has 0 aromatic carbocycles. The lowest BCUT2D eigenvalue weighted by Crippen LogP contribution is -1.93. The van der Waals surface area contributed by atoms with E-state index < -0.39 is 0 Å². The van der Waals surface area contributed by atoms with Crippen LogP contribution < -0.4 is 4.87 Å². The van der Waals surface area contributed by atoms with Crippen molar-refractivity contribution < 1.29 is 0 Å². The third-order valence-electron chi connectivity index (χ3n) is 1.48. The Morgan fingerprint density at radius 1 is 1.40 bits per heavy atom. The van der Waals surface area contributed by atoms with E-state index in [1.165, 1.54) is 16.2 Å². The second-order valence-corrected chi connectivity index (χ2v) is 3.19. The maximum absolute atomic E-state index is 10.8. The minimum absolute atomic E-state index is 0.0775. The van der Waals surface area contributed by atoms with Gasteiger partial charge in [-0.05, 0) is 12.8 Å². The molecular weight excluding hydrogens is 146 g/mol. The molecule has 2 nitrogen and oxygen atoms in total. The normalized spacial score (nSPS) is 10.2. The molecule has 0 aliphatic heterocycles. The van der Waals surface area contributed by atoms with E-state index in [0.29, 0.717) is 0 Å². The highest BCUT2D eigenvalue weighted by Crippen LogP contribution is 2.09. The van der Waals surface area contributed by atoms with Crippen molar-refractivity contribution in [3.8, 4) is 0 Å². The van der Waals surface area contributed by atoms with Gasteiger partial charge in [0, 0.05) is 10.6 Å². The second kappa shape index (κ2) is 3.01. The van der Waals surface area contributed by atoms with E-state index >= 15 is 0 Å². The number of H-pyrrole nitrogens is 1. The third-order valence-corrected chi connectivity index (χ3v) is 2.55. The van der Waals surface area contributed by atoms with Gasteiger partial charge in [0.2, 0.25) is 0 Å². The molecule has 10 heavy (non-hydrogen) atoms. The number of hydrogen-bond acceptors (Lipinski definition) is 2. The molecule has 1 rings (SSSR count). The van der Waals surface area contributed by atoms with Crippen molar-refractivity contribution in [2.24, 2.45) is 0 Å². The summed E-state index contributed by atoms with van der Waals surface area (Å²) in [7, 11) is 0. The van der Waals surface area contributed by atoms with E-state index in [0.717, 1.165) is 18.5 Å². The van der Waals surface area contributed by atoms with Crippen LogP contribution in [0.1, 0.15) is 24.4 Å². The fourth-order valence-corrected chi connectivity index (χ4v) is 1.82. The van der Waals surface area contributed by atoms with Crippen molar-refractivity contribution in [2.45, 2.75) is 26.7 Å². The van der Waals surface area contributed by atoms with Gasteiger partial charge < -0.3 is 4.98 Å². The molecule has 0 atom stereocenters. The van der Waals surface area contributed by atoms with Crippen molar-refractivity contribution in [2.75, 3.05) is 0 Å². The number of aromatic amines is 1. The van der Waals surface area contributed by atoms with Crippen molar-refractivity contribution in [1.29, 1.82) is 0 Å². The van der Waals surface area contributed by atoms with Crippen LogP contribution in [-0.4, -0.2) is 4.98 Å². The molecule has 0 aliphatic carbocycles. The van der Waals surface area contributed by atoms with Gasteiger partial charge >= 0.3 is 4.87 Å². The van der Waals surface area contributed by atoms with Gasteiger partial charge in [0.1, 0.15) is 0 Å². The quantitative estimate of drug-likeness (QED) is 0.694. The number of aromatic nitrogens is 1. The molecule has 0 amide bonds. The third kappa shape index (κ3) is 1.29. The molecule has 0 aliphatic rings. The van der Waals surface area contributed by atoms with Crippen LogP contribution >= 0.6 is 11.3 Å². The largest absolute Gasteiger partial charge is 0.316 e. The highest BCUT2D eigenvalue weighted by atomic mass is 32.1. The molecule has 56 valence electrons. The summed E-state index contributed by atoms with van der Waals surface area (Å²) in [6.07, 6.45) is 1.90. The van der Waals surface area contributed by atoms with Crippen molar-refractivity contribution in [3.63, 3.8) is 0 Å². The van der Waals surface area contributed by atoms with Gasteiger partial charge in [-0.2, -0.15) is 0 Å². The van der Waals surface area contributed by atoms with E-state index in [4.69, 9.17) is 0 Å². The molecule has 0 radical (unpaired) electrons. The minimum Gasteiger partial charge on any atom is -0.316 e. The van der Waals surface area contributed by atoms with Gasteiger partial charge in [0.05, 0.1) is 0 Å². The predicted octanol–water partition coefficient (Wildman–Crippen LogP) is 1.56. The molecule has 0 spiro atoms. The molecule has 0 saturated heterocycles. The van der Waals surface area contributed by atoms with Crippen molar-refractivity contribution >= 4 is 11.3 Å². The maximum atomic E-state index is 10.8. The molecule has 1 heterocycles. The fraction of sp³-hybridized carbons (Fsp3) is 0.571. The summed E-state index contributed by atoms with van der Waals surface area (Å²) in [5, 5.41) is 0. The predicted molar refractivity (Wildman–Crippen MR) is 43.7 cm³/mol. The van der Waals surface area contributed by atoms with Crippen LogP contribution in [0, 0.1) is 0 Å². The first-order valence-electron chi connectivity index (χ1n) is 3.48. The Kier molecular flexibility index (Phi) is 2.27. The van der Waals surface area contributed by atoms with Crippen molar-refractivity contribution in [1.82, 2.24) is 4.98 Å². The highest BCUT2D eigenvalue weighted by molar-refractivity contribution is 7.09. The zero-order valence-electron chi connectivity index (χ0n) is 6.23. The molecule has 0 saturated carbocycles. The van der Waals surface area contributed by atoms with E-state index in [1.807, 2.05) is 0 Å². The SMILES string of the molecule is CCc1[nH]c(=O)sc1CC. The van der Waals surface area contributed by atoms with Crippen LogP contribution in [0.5, 0.6) is 0 Å². The van der Waals surface area contributed by atoms with Crippen LogP contribution in [0.4, 0.5) is 0 Å². The summed E-state index contributed by atoms with van der Waals surface area (Å²) >= 11 is 1.33. The lowest BCUT2D eigenvalue weighted by molar-refractivity contribution is 0.999. The zero-order chi connectivity index (χ0) is 7.56. The smallest absolute Gasteiger partial charge is 0.304 e. The summed E-state index contributed by atoms with van der Waals surface area (Å²) in [5.74, 6) is 0. The molecule has 0 fully saturated rings. The van der Waals surface area contributed by atoms with Gasteiger partial charge in [-0.3, -0.25) is 4.79 Å². The first-order chi connectivity index (χ1) is 4.77. The number of hydrogen-bond donors (Lipinski definition) is 1. The van der Waals surface area contributed by atoms with E-state index in [2.05, 4.69) is 18.8 Å². The van der Waals surface area contributed by atoms with E-state index in [9.17, 15) is 4.79 Å². The van der Waals surface area contributed by atoms with Crippen LogP contribution in [-0.2, 0) is 12.8 Å². The van der Waals surface area contributed by atoms with Crippen LogP contribution in [0.15, 0.2) is 4.79 Å². The summed E-state index contributed by atoms with van der Waals surface area (Å²) in [4.78, 5) is 14.9. The Morgan fingerprint density at radius 3 is 2.50 bits per heavy atom. The highest BCUT2D eigenvalue weighted by Gasteiger charge is 2.01. The standard InChI is InChI=1S/C7H11NOS/c1-3-5-6(4-2)10-7(9)8-5/h3-4H2,1-2H3,(H,8,9). The topological polar surface area (TPSA) is 32.9 Å². The Bertz CT molecular complexity index is 236. The number of nitrogens with one attached hydrogen (secondary N) is 1. The van der Waals surface area contributed by atoms with Gasteiger partial charge in [-0.15, -0.1) is 0 Å². The number of thiazole rings is 1. The first-order valence-corrected chi connectivity index (χ1v) is 4.30. The first kappa shape index (κ1) is 7.54. The monoisotopic (exact) mass is 157 g/mol. The molecular formula is C7H11NOS. The van der Waals surface area contributed by atoms with Crippen molar-refractivity contribution in [3.05, 3.63) is 20.2 Å². The fourth-order valence-electron chi connectivity index (χ4n) is 0.963. The number of aryl methyl sites for hydroxylation is 2. The average Bonchev–Trinajstić information content (AvgIpc) is 2.30. The Morgan fingerprint density at radius 2 is 2.10 bits per heavy atom. The molecule has 1 aromatic heterocycles. The van der Waals surface area contributed by atoms with E-state index in [-0.39, 0.29) is 4.87 Å². The summed E-state index contributed by atoms with van der Waals surface area (Å²) in [6.45, 7) is 4.12. The molecule has 1 aromatic rings. The summed E-state index contributed by atoms with van der Waals surface area (Å²) in [5.41, 5.74) is 1.11. The zero-order valence-corrected chi connectivity index (χ0v) is 7.05. The summed E-state index contributed by atoms with van der Waals surface area (Å²) in [6, 6.07) is 0. The van der Waals surface area contributed by atoms with Gasteiger partial charge in [-0.25, -0.2) is 0 Å². The average molecular weight is 157 g/mol. The van der Waals surface area contributed by atoms with Gasteiger partial charge in [-0.1, -0.05) is 25.2 Å². The van der Waals surface area contributed by atoms with E-state index in [1.54, 1.807) is 0 Å². The summed E-state index contributed by atoms with van der Waals surface area (Å²) < 4.78 is 0. The Hall–Kier alpha value is -0.570. The molecule has 3 heteroatoms. The lowest BCUT2D eigenvalue weighted by Gasteiger charge is -1.91. The second-order valence-electron chi connectivity index (χ2n) is 2.12. The Balaban J connectivity index is 3.08. The molecule has 0 unspecified atom stereocenters. The maximum Gasteiger partial charge on any atom is 0.304 e. The molecule has 1 N–H and O–H groups in total. The van der Waals surface area contributed by atoms with Gasteiger partial charge in [0.25, 0.3) is 0 Å². The number of rotatable bonds is 2. The molecule has 0 bridgehead atoms.